The summed E-state index contributed by atoms with van der Waals surface area (Å²) in [5, 5.41) is 25.6. The van der Waals surface area contributed by atoms with Gasteiger partial charge in [0.15, 0.2) is 5.78 Å². The third kappa shape index (κ3) is 7.09. The van der Waals surface area contributed by atoms with Gasteiger partial charge >= 0.3 is 17.8 Å². The molecule has 186 valence electrons. The number of piperidine rings is 1. The van der Waals surface area contributed by atoms with E-state index in [0.29, 0.717) is 37.9 Å². The van der Waals surface area contributed by atoms with Gasteiger partial charge in [0.2, 0.25) is 0 Å². The Morgan fingerprint density at radius 3 is 2.29 bits per heavy atom. The average Bonchev–Trinajstić information content (AvgIpc) is 2.83. The fourth-order valence-corrected chi connectivity index (χ4v) is 3.34. The van der Waals surface area contributed by atoms with E-state index in [1.807, 2.05) is 6.92 Å². The summed E-state index contributed by atoms with van der Waals surface area (Å²) in [6.07, 6.45) is 1.19. The number of unbranched alkanes of at least 4 members (excludes halogenated alkanes) is 1. The van der Waals surface area contributed by atoms with Crippen molar-refractivity contribution in [3.8, 4) is 0 Å². The summed E-state index contributed by atoms with van der Waals surface area (Å²) in [6.45, 7) is 4.93. The largest absolute Gasteiger partial charge is 0.477 e. The number of carbonyl (C=O) groups is 4. The van der Waals surface area contributed by atoms with Crippen molar-refractivity contribution >= 4 is 29.6 Å². The van der Waals surface area contributed by atoms with Gasteiger partial charge in [0.05, 0.1) is 12.7 Å². The van der Waals surface area contributed by atoms with Crippen molar-refractivity contribution in [2.24, 2.45) is 0 Å². The zero-order valence-corrected chi connectivity index (χ0v) is 19.4. The van der Waals surface area contributed by atoms with E-state index in [9.17, 15) is 24.3 Å². The highest BCUT2D eigenvalue weighted by atomic mass is 16.6. The maximum atomic E-state index is 12.9. The standard InChI is InChI=1S/C23H32N4O7/c1-3-5-14-33-22(32)26-19(24)15-6-8-16(9-7-15)20(29)27-23(21(30)31,18(28)4-2)34-17-10-12-25-13-11-17/h6-9,17,25H,3-5,10-14H2,1-2H3,(H,27,29)(H,30,31)(H2,24,26,32). The van der Waals surface area contributed by atoms with Crippen LogP contribution >= 0.6 is 0 Å². The third-order valence-corrected chi connectivity index (χ3v) is 5.33. The van der Waals surface area contributed by atoms with Crippen LogP contribution in [-0.4, -0.2) is 66.2 Å². The molecular weight excluding hydrogens is 444 g/mol. The van der Waals surface area contributed by atoms with E-state index in [0.717, 1.165) is 6.42 Å². The van der Waals surface area contributed by atoms with Crippen molar-refractivity contribution in [3.05, 3.63) is 35.4 Å². The van der Waals surface area contributed by atoms with Crippen molar-refractivity contribution in [2.75, 3.05) is 19.7 Å². The first-order valence-corrected chi connectivity index (χ1v) is 11.3. The second-order valence-electron chi connectivity index (χ2n) is 7.85. The van der Waals surface area contributed by atoms with Gasteiger partial charge in [0, 0.05) is 17.5 Å². The number of carboxylic acid groups (broad SMARTS) is 1. The minimum atomic E-state index is -2.50. The SMILES string of the molecule is CCCCOC(=O)NC(=N)c1ccc(C(=O)NC(OC2CCNCC2)(C(=O)O)C(=O)CC)cc1. The lowest BCUT2D eigenvalue weighted by Crippen LogP contribution is -2.63. The molecule has 11 heteroatoms. The number of aliphatic carboxylic acids is 1. The molecule has 34 heavy (non-hydrogen) atoms. The van der Waals surface area contributed by atoms with Crippen LogP contribution in [0.25, 0.3) is 0 Å². The number of hydrogen-bond donors (Lipinski definition) is 5. The molecule has 11 nitrogen and oxygen atoms in total. The number of amides is 2. The quantitative estimate of drug-likeness (QED) is 0.106. The summed E-state index contributed by atoms with van der Waals surface area (Å²) >= 11 is 0. The lowest BCUT2D eigenvalue weighted by molar-refractivity contribution is -0.185. The Morgan fingerprint density at radius 1 is 1.12 bits per heavy atom. The van der Waals surface area contributed by atoms with Crippen molar-refractivity contribution in [1.29, 1.82) is 5.41 Å². The van der Waals surface area contributed by atoms with Gasteiger partial charge in [-0.25, -0.2) is 9.59 Å². The Bertz CT molecular complexity index is 897. The summed E-state index contributed by atoms with van der Waals surface area (Å²) in [4.78, 5) is 49.4. The fourth-order valence-electron chi connectivity index (χ4n) is 3.34. The first-order valence-electron chi connectivity index (χ1n) is 11.3. The number of ketones is 1. The number of rotatable bonds is 11. The monoisotopic (exact) mass is 476 g/mol. The first-order chi connectivity index (χ1) is 16.2. The van der Waals surface area contributed by atoms with E-state index in [4.69, 9.17) is 14.9 Å². The summed E-state index contributed by atoms with van der Waals surface area (Å²) < 4.78 is 10.7. The van der Waals surface area contributed by atoms with Gasteiger partial charge in [-0.3, -0.25) is 20.3 Å². The molecule has 0 aliphatic carbocycles. The molecule has 2 rings (SSSR count). The van der Waals surface area contributed by atoms with E-state index in [-0.39, 0.29) is 24.4 Å². The lowest BCUT2D eigenvalue weighted by Gasteiger charge is -2.34. The van der Waals surface area contributed by atoms with Crippen LogP contribution in [-0.2, 0) is 19.1 Å². The number of benzene rings is 1. The van der Waals surface area contributed by atoms with Crippen LogP contribution in [0.5, 0.6) is 0 Å². The van der Waals surface area contributed by atoms with Crippen LogP contribution < -0.4 is 16.0 Å². The molecule has 1 aliphatic heterocycles. The minimum Gasteiger partial charge on any atom is -0.477 e. The maximum Gasteiger partial charge on any atom is 0.412 e. The number of nitrogens with one attached hydrogen (secondary N) is 4. The molecule has 1 saturated heterocycles. The zero-order valence-electron chi connectivity index (χ0n) is 19.4. The predicted molar refractivity (Wildman–Crippen MR) is 123 cm³/mol. The van der Waals surface area contributed by atoms with Crippen LogP contribution in [0.3, 0.4) is 0 Å². The van der Waals surface area contributed by atoms with Gasteiger partial charge in [-0.05, 0) is 44.5 Å². The fraction of sp³-hybridized carbons (Fsp3) is 0.522. The van der Waals surface area contributed by atoms with E-state index in [1.54, 1.807) is 0 Å². The molecule has 1 heterocycles. The zero-order chi connectivity index (χ0) is 25.1. The highest BCUT2D eigenvalue weighted by Crippen LogP contribution is 2.21. The van der Waals surface area contributed by atoms with Crippen molar-refractivity contribution < 1.29 is 33.8 Å². The molecule has 1 unspecified atom stereocenters. The van der Waals surface area contributed by atoms with Gasteiger partial charge in [-0.2, -0.15) is 0 Å². The second kappa shape index (κ2) is 12.8. The predicted octanol–water partition coefficient (Wildman–Crippen LogP) is 1.80. The highest BCUT2D eigenvalue weighted by Gasteiger charge is 2.50. The Labute approximate surface area is 198 Å². The molecule has 5 N–H and O–H groups in total. The van der Waals surface area contributed by atoms with E-state index < -0.39 is 35.6 Å². The van der Waals surface area contributed by atoms with Crippen molar-refractivity contribution in [3.63, 3.8) is 0 Å². The molecular formula is C23H32N4O7. The Hall–Kier alpha value is -3.31. The molecule has 1 aromatic carbocycles. The summed E-state index contributed by atoms with van der Waals surface area (Å²) in [7, 11) is 0. The van der Waals surface area contributed by atoms with E-state index in [2.05, 4.69) is 16.0 Å². The minimum absolute atomic E-state index is 0.0607. The number of carboxylic acids is 1. The van der Waals surface area contributed by atoms with Crippen LogP contribution in [0, 0.1) is 5.41 Å². The van der Waals surface area contributed by atoms with Crippen LogP contribution in [0.15, 0.2) is 24.3 Å². The Balaban J connectivity index is 2.12. The first kappa shape index (κ1) is 26.9. The number of ether oxygens (including phenoxy) is 2. The number of Topliss-reactive ketones (excluding diaryl/α,β-unsaturated/α-hetero) is 1. The molecule has 0 spiro atoms. The molecule has 0 saturated carbocycles. The van der Waals surface area contributed by atoms with Gasteiger partial charge in [-0.15, -0.1) is 0 Å². The highest BCUT2D eigenvalue weighted by molar-refractivity contribution is 6.11. The van der Waals surface area contributed by atoms with Crippen molar-refractivity contribution in [2.45, 2.75) is 57.8 Å². The van der Waals surface area contributed by atoms with Gasteiger partial charge in [0.1, 0.15) is 5.84 Å². The maximum absolute atomic E-state index is 12.9. The summed E-state index contributed by atoms with van der Waals surface area (Å²) in [5.74, 6) is -3.39. The number of amidine groups is 1. The molecule has 1 aromatic rings. The molecule has 1 atom stereocenters. The molecule has 0 bridgehead atoms. The van der Waals surface area contributed by atoms with Gasteiger partial charge < -0.3 is 25.2 Å². The Morgan fingerprint density at radius 2 is 1.74 bits per heavy atom. The summed E-state index contributed by atoms with van der Waals surface area (Å²) in [6, 6.07) is 5.55. The molecule has 1 fully saturated rings. The van der Waals surface area contributed by atoms with Gasteiger partial charge in [-0.1, -0.05) is 32.4 Å². The second-order valence-corrected chi connectivity index (χ2v) is 7.85. The van der Waals surface area contributed by atoms with E-state index >= 15 is 0 Å². The lowest BCUT2D eigenvalue weighted by atomic mass is 10.0. The van der Waals surface area contributed by atoms with Crippen LogP contribution in [0.4, 0.5) is 4.79 Å². The van der Waals surface area contributed by atoms with Crippen LogP contribution in [0.1, 0.15) is 61.9 Å². The third-order valence-electron chi connectivity index (χ3n) is 5.33. The average molecular weight is 477 g/mol. The molecule has 0 aromatic heterocycles. The number of alkyl carbamates (subject to hydrolysis) is 1. The number of carbonyl (C=O) groups excluding carboxylic acids is 3. The molecule has 0 radical (unpaired) electrons. The molecule has 2 amide bonds. The molecule has 1 aliphatic rings. The normalized spacial score (nSPS) is 15.6. The van der Waals surface area contributed by atoms with E-state index in [1.165, 1.54) is 31.2 Å². The smallest absolute Gasteiger partial charge is 0.412 e. The van der Waals surface area contributed by atoms with Gasteiger partial charge in [0.25, 0.3) is 5.91 Å². The topological polar surface area (TPSA) is 167 Å². The Kier molecular flexibility index (Phi) is 10.1. The number of hydrogen-bond acceptors (Lipinski definition) is 8. The summed E-state index contributed by atoms with van der Waals surface area (Å²) in [5.41, 5.74) is -2.13. The van der Waals surface area contributed by atoms with Crippen LogP contribution in [0.2, 0.25) is 0 Å². The van der Waals surface area contributed by atoms with Crippen molar-refractivity contribution in [1.82, 2.24) is 16.0 Å².